The molecule has 0 N–H and O–H groups in total. The molecule has 4 heteroatoms. The molecule has 0 atom stereocenters. The molecule has 1 aromatic rings. The molecule has 0 heterocycles. The van der Waals surface area contributed by atoms with Crippen LogP contribution >= 0.6 is 15.9 Å². The van der Waals surface area contributed by atoms with E-state index in [1.807, 2.05) is 0 Å². The third-order valence-electron chi connectivity index (χ3n) is 4.08. The molecule has 1 saturated carbocycles. The van der Waals surface area contributed by atoms with Crippen LogP contribution in [0.4, 0.5) is 4.39 Å². The molecule has 0 amide bonds. The fourth-order valence-corrected chi connectivity index (χ4v) is 3.04. The number of Topliss-reactive ketones (excluding diaryl/α,β-unsaturated/α-hetero) is 1. The van der Waals surface area contributed by atoms with Crippen molar-refractivity contribution in [2.24, 2.45) is 5.92 Å². The number of ether oxygens (including phenoxy) is 1. The van der Waals surface area contributed by atoms with Crippen LogP contribution in [0.1, 0.15) is 43.0 Å². The summed E-state index contributed by atoms with van der Waals surface area (Å²) in [5.41, 5.74) is -0.737. The Labute approximate surface area is 121 Å². The molecule has 1 fully saturated rings. The van der Waals surface area contributed by atoms with Gasteiger partial charge in [-0.15, -0.1) is 0 Å². The first-order valence-corrected chi connectivity index (χ1v) is 7.33. The molecular weight excluding hydrogens is 311 g/mol. The highest BCUT2D eigenvalue weighted by Gasteiger charge is 2.42. The zero-order valence-corrected chi connectivity index (χ0v) is 12.8. The van der Waals surface area contributed by atoms with Gasteiger partial charge in [0.15, 0.2) is 5.78 Å². The lowest BCUT2D eigenvalue weighted by atomic mass is 9.75. The van der Waals surface area contributed by atoms with Gasteiger partial charge in [0.1, 0.15) is 11.4 Å². The summed E-state index contributed by atoms with van der Waals surface area (Å²) in [7, 11) is 1.55. The summed E-state index contributed by atoms with van der Waals surface area (Å²) in [6.45, 7) is 2.17. The summed E-state index contributed by atoms with van der Waals surface area (Å²) in [6, 6.07) is 4.80. The molecule has 104 valence electrons. The number of hydrogen-bond acceptors (Lipinski definition) is 2. The summed E-state index contributed by atoms with van der Waals surface area (Å²) in [5.74, 6) is -0.133. The average Bonchev–Trinajstić information content (AvgIpc) is 2.42. The van der Waals surface area contributed by atoms with E-state index in [1.165, 1.54) is 6.07 Å². The van der Waals surface area contributed by atoms with Crippen LogP contribution in [0.25, 0.3) is 0 Å². The van der Waals surface area contributed by atoms with Crippen molar-refractivity contribution < 1.29 is 13.9 Å². The largest absolute Gasteiger partial charge is 0.370 e. The van der Waals surface area contributed by atoms with Crippen molar-refractivity contribution in [1.82, 2.24) is 0 Å². The quantitative estimate of drug-likeness (QED) is 0.770. The van der Waals surface area contributed by atoms with Crippen LogP contribution in [-0.4, -0.2) is 18.5 Å². The Morgan fingerprint density at radius 2 is 2.05 bits per heavy atom. The maximum absolute atomic E-state index is 14.1. The van der Waals surface area contributed by atoms with E-state index in [1.54, 1.807) is 19.2 Å². The summed E-state index contributed by atoms with van der Waals surface area (Å²) < 4.78 is 19.9. The van der Waals surface area contributed by atoms with Crippen LogP contribution < -0.4 is 0 Å². The molecule has 1 aliphatic carbocycles. The summed E-state index contributed by atoms with van der Waals surface area (Å²) in [4.78, 5) is 12.6. The Hall–Kier alpha value is -0.740. The number of methoxy groups -OCH3 is 1. The summed E-state index contributed by atoms with van der Waals surface area (Å²) in [5, 5.41) is 0. The Morgan fingerprint density at radius 1 is 1.42 bits per heavy atom. The lowest BCUT2D eigenvalue weighted by Gasteiger charge is -2.37. The molecule has 0 unspecified atom stereocenters. The van der Waals surface area contributed by atoms with Crippen molar-refractivity contribution >= 4 is 21.7 Å². The molecule has 0 spiro atoms. The van der Waals surface area contributed by atoms with Gasteiger partial charge in [0, 0.05) is 7.11 Å². The van der Waals surface area contributed by atoms with Crippen LogP contribution in [0.15, 0.2) is 22.7 Å². The van der Waals surface area contributed by atoms with E-state index in [4.69, 9.17) is 4.74 Å². The Bertz CT molecular complexity index is 479. The molecule has 19 heavy (non-hydrogen) atoms. The lowest BCUT2D eigenvalue weighted by Crippen LogP contribution is -2.44. The van der Waals surface area contributed by atoms with E-state index >= 15 is 0 Å². The minimum Gasteiger partial charge on any atom is -0.370 e. The predicted octanol–water partition coefficient (Wildman–Crippen LogP) is 4.37. The first-order chi connectivity index (χ1) is 9.00. The zero-order chi connectivity index (χ0) is 14.0. The van der Waals surface area contributed by atoms with Crippen LogP contribution in [0.3, 0.4) is 0 Å². The number of ketones is 1. The van der Waals surface area contributed by atoms with Crippen LogP contribution in [0.5, 0.6) is 0 Å². The van der Waals surface area contributed by atoms with Crippen LogP contribution in [0.2, 0.25) is 0 Å². The maximum Gasteiger partial charge on any atom is 0.197 e. The second kappa shape index (κ2) is 5.71. The van der Waals surface area contributed by atoms with Gasteiger partial charge in [0.2, 0.25) is 0 Å². The molecule has 1 aliphatic rings. The minimum atomic E-state index is -0.853. The molecule has 0 bridgehead atoms. The van der Waals surface area contributed by atoms with E-state index in [2.05, 4.69) is 22.9 Å². The third-order valence-corrected chi connectivity index (χ3v) is 4.70. The second-order valence-corrected chi connectivity index (χ2v) is 6.17. The van der Waals surface area contributed by atoms with Crippen molar-refractivity contribution in [3.63, 3.8) is 0 Å². The highest BCUT2D eigenvalue weighted by molar-refractivity contribution is 9.10. The standard InChI is InChI=1S/C15H18BrFO2/c1-10-6-8-15(19-2,9-7-10)14(18)11-4-3-5-12(16)13(11)17/h3-5,10H,6-9H2,1-2H3. The fourth-order valence-electron chi connectivity index (χ4n) is 2.68. The molecule has 2 nitrogen and oxygen atoms in total. The van der Waals surface area contributed by atoms with Gasteiger partial charge in [-0.1, -0.05) is 13.0 Å². The van der Waals surface area contributed by atoms with Crippen molar-refractivity contribution in [2.75, 3.05) is 7.11 Å². The number of benzene rings is 1. The third kappa shape index (κ3) is 2.75. The van der Waals surface area contributed by atoms with Gasteiger partial charge in [-0.2, -0.15) is 0 Å². The van der Waals surface area contributed by atoms with Gasteiger partial charge < -0.3 is 4.74 Å². The first-order valence-electron chi connectivity index (χ1n) is 6.54. The molecule has 0 saturated heterocycles. The Balaban J connectivity index is 2.33. The lowest BCUT2D eigenvalue weighted by molar-refractivity contribution is -0.0265. The highest BCUT2D eigenvalue weighted by Crippen LogP contribution is 2.37. The van der Waals surface area contributed by atoms with Gasteiger partial charge in [0.25, 0.3) is 0 Å². The summed E-state index contributed by atoms with van der Waals surface area (Å²) in [6.07, 6.45) is 3.20. The highest BCUT2D eigenvalue weighted by atomic mass is 79.9. The topological polar surface area (TPSA) is 26.3 Å². The average molecular weight is 329 g/mol. The molecule has 0 aliphatic heterocycles. The molecular formula is C15H18BrFO2. The van der Waals surface area contributed by atoms with Gasteiger partial charge in [0.05, 0.1) is 10.0 Å². The smallest absolute Gasteiger partial charge is 0.197 e. The maximum atomic E-state index is 14.1. The molecule has 0 radical (unpaired) electrons. The monoisotopic (exact) mass is 328 g/mol. The normalized spacial score (nSPS) is 27.3. The van der Waals surface area contributed by atoms with E-state index in [0.29, 0.717) is 23.2 Å². The van der Waals surface area contributed by atoms with Gasteiger partial charge in [-0.25, -0.2) is 4.39 Å². The van der Waals surface area contributed by atoms with Gasteiger partial charge >= 0.3 is 0 Å². The second-order valence-electron chi connectivity index (χ2n) is 5.31. The van der Waals surface area contributed by atoms with Crippen LogP contribution in [0, 0.1) is 11.7 Å². The number of carbonyl (C=O) groups excluding carboxylic acids is 1. The van der Waals surface area contributed by atoms with Crippen molar-refractivity contribution in [1.29, 1.82) is 0 Å². The van der Waals surface area contributed by atoms with Gasteiger partial charge in [-0.05, 0) is 59.7 Å². The number of carbonyl (C=O) groups is 1. The fraction of sp³-hybridized carbons (Fsp3) is 0.533. The first kappa shape index (κ1) is 14.7. The molecule has 2 rings (SSSR count). The van der Waals surface area contributed by atoms with E-state index in [9.17, 15) is 9.18 Å². The van der Waals surface area contributed by atoms with Crippen LogP contribution in [-0.2, 0) is 4.74 Å². The number of rotatable bonds is 3. The molecule has 1 aromatic carbocycles. The number of halogens is 2. The van der Waals surface area contributed by atoms with Crippen molar-refractivity contribution in [2.45, 2.75) is 38.2 Å². The number of hydrogen-bond donors (Lipinski definition) is 0. The minimum absolute atomic E-state index is 0.116. The Morgan fingerprint density at radius 3 is 2.63 bits per heavy atom. The van der Waals surface area contributed by atoms with E-state index in [-0.39, 0.29) is 11.3 Å². The van der Waals surface area contributed by atoms with Crippen molar-refractivity contribution in [3.05, 3.63) is 34.1 Å². The van der Waals surface area contributed by atoms with E-state index in [0.717, 1.165) is 12.8 Å². The van der Waals surface area contributed by atoms with Crippen molar-refractivity contribution in [3.8, 4) is 0 Å². The Kier molecular flexibility index (Phi) is 4.41. The summed E-state index contributed by atoms with van der Waals surface area (Å²) >= 11 is 3.12. The predicted molar refractivity (Wildman–Crippen MR) is 75.8 cm³/mol. The zero-order valence-electron chi connectivity index (χ0n) is 11.2. The van der Waals surface area contributed by atoms with E-state index < -0.39 is 11.4 Å². The SMILES string of the molecule is COC1(C(=O)c2cccc(Br)c2F)CCC(C)CC1. The van der Waals surface area contributed by atoms with Gasteiger partial charge in [-0.3, -0.25) is 4.79 Å². The molecule has 0 aromatic heterocycles.